The second kappa shape index (κ2) is 8.35. The van der Waals surface area contributed by atoms with Crippen molar-refractivity contribution < 1.29 is 9.84 Å². The lowest BCUT2D eigenvalue weighted by molar-refractivity contribution is 0.0760. The normalized spacial score (nSPS) is 12.7. The Balaban J connectivity index is 2.24. The largest absolute Gasteiger partial charge is 0.491 e. The molecule has 0 saturated carbocycles. The Morgan fingerprint density at radius 3 is 2.61 bits per heavy atom. The molecule has 1 aromatic rings. The predicted octanol–water partition coefficient (Wildman–Crippen LogP) is 2.81. The molecule has 0 amide bonds. The van der Waals surface area contributed by atoms with E-state index in [0.717, 1.165) is 18.7 Å². The zero-order chi connectivity index (χ0) is 13.4. The summed E-state index contributed by atoms with van der Waals surface area (Å²) in [4.78, 5) is 2.12. The van der Waals surface area contributed by atoms with Crippen molar-refractivity contribution in [2.75, 3.05) is 26.7 Å². The number of aliphatic hydroxyl groups excluding tert-OH is 1. The summed E-state index contributed by atoms with van der Waals surface area (Å²) < 4.78 is 5.49. The minimum Gasteiger partial charge on any atom is -0.491 e. The van der Waals surface area contributed by atoms with Crippen LogP contribution in [0, 0.1) is 0 Å². The Morgan fingerprint density at radius 2 is 2.00 bits per heavy atom. The second-order valence-electron chi connectivity index (χ2n) is 4.53. The van der Waals surface area contributed by atoms with Crippen LogP contribution in [0.3, 0.4) is 0 Å². The minimum absolute atomic E-state index is 0.304. The van der Waals surface area contributed by atoms with Gasteiger partial charge >= 0.3 is 0 Å². The Labute approximate surface area is 114 Å². The monoisotopic (exact) mass is 271 g/mol. The second-order valence-corrected chi connectivity index (χ2v) is 4.97. The highest BCUT2D eigenvalue weighted by molar-refractivity contribution is 6.30. The Hall–Kier alpha value is -0.770. The number of unbranched alkanes of at least 4 members (excludes halogenated alkanes) is 1. The zero-order valence-corrected chi connectivity index (χ0v) is 11.9. The van der Waals surface area contributed by atoms with Crippen LogP contribution >= 0.6 is 11.6 Å². The molecule has 0 spiro atoms. The molecule has 0 aliphatic heterocycles. The van der Waals surface area contributed by atoms with Crippen molar-refractivity contribution in [3.05, 3.63) is 29.3 Å². The molecule has 0 radical (unpaired) electrons. The van der Waals surface area contributed by atoms with Crippen molar-refractivity contribution in [1.29, 1.82) is 0 Å². The lowest BCUT2D eigenvalue weighted by Gasteiger charge is -2.20. The molecule has 18 heavy (non-hydrogen) atoms. The number of halogens is 1. The van der Waals surface area contributed by atoms with Crippen LogP contribution in [0.15, 0.2) is 24.3 Å². The van der Waals surface area contributed by atoms with Gasteiger partial charge in [-0.05, 0) is 44.3 Å². The lowest BCUT2D eigenvalue weighted by atomic mass is 10.3. The molecule has 0 heterocycles. The number of likely N-dealkylation sites (N-methyl/N-ethyl adjacent to an activating group) is 1. The smallest absolute Gasteiger partial charge is 0.119 e. The number of ether oxygens (including phenoxy) is 1. The van der Waals surface area contributed by atoms with Gasteiger partial charge in [0.05, 0.1) is 0 Å². The third kappa shape index (κ3) is 6.24. The third-order valence-electron chi connectivity index (χ3n) is 2.67. The van der Waals surface area contributed by atoms with Gasteiger partial charge in [0, 0.05) is 11.6 Å². The third-order valence-corrected chi connectivity index (χ3v) is 2.92. The highest BCUT2D eigenvalue weighted by Gasteiger charge is 2.08. The first-order valence-corrected chi connectivity index (χ1v) is 6.74. The van der Waals surface area contributed by atoms with Crippen LogP contribution in [0.4, 0.5) is 0 Å². The molecule has 0 bridgehead atoms. The molecular weight excluding hydrogens is 250 g/mol. The summed E-state index contributed by atoms with van der Waals surface area (Å²) in [5.74, 6) is 0.731. The van der Waals surface area contributed by atoms with Crippen LogP contribution in [0.5, 0.6) is 5.75 Å². The first-order chi connectivity index (χ1) is 8.61. The van der Waals surface area contributed by atoms with Gasteiger partial charge in [0.15, 0.2) is 0 Å². The number of rotatable bonds is 8. The first-order valence-electron chi connectivity index (χ1n) is 6.36. The van der Waals surface area contributed by atoms with E-state index >= 15 is 0 Å². The van der Waals surface area contributed by atoms with Crippen LogP contribution < -0.4 is 4.74 Å². The fourth-order valence-corrected chi connectivity index (χ4v) is 1.78. The van der Waals surface area contributed by atoms with E-state index in [1.165, 1.54) is 6.42 Å². The summed E-state index contributed by atoms with van der Waals surface area (Å²) in [5, 5.41) is 10.5. The SMILES string of the molecule is CCCCN(C)CC(O)COc1ccc(Cl)cc1. The van der Waals surface area contributed by atoms with Crippen molar-refractivity contribution in [2.24, 2.45) is 0 Å². The summed E-state index contributed by atoms with van der Waals surface area (Å²) >= 11 is 5.78. The van der Waals surface area contributed by atoms with Gasteiger partial charge in [-0.25, -0.2) is 0 Å². The Bertz CT molecular complexity index is 329. The van der Waals surface area contributed by atoms with E-state index in [9.17, 15) is 5.11 Å². The highest BCUT2D eigenvalue weighted by atomic mass is 35.5. The van der Waals surface area contributed by atoms with Crippen molar-refractivity contribution >= 4 is 11.6 Å². The van der Waals surface area contributed by atoms with E-state index in [4.69, 9.17) is 16.3 Å². The van der Waals surface area contributed by atoms with Crippen LogP contribution in [-0.2, 0) is 0 Å². The van der Waals surface area contributed by atoms with Crippen LogP contribution in [-0.4, -0.2) is 42.9 Å². The van der Waals surface area contributed by atoms with Crippen molar-refractivity contribution in [3.8, 4) is 5.75 Å². The number of hydrogen-bond donors (Lipinski definition) is 1. The fraction of sp³-hybridized carbons (Fsp3) is 0.571. The maximum atomic E-state index is 9.84. The molecule has 4 heteroatoms. The Morgan fingerprint density at radius 1 is 1.33 bits per heavy atom. The summed E-state index contributed by atoms with van der Waals surface area (Å²) in [7, 11) is 2.02. The quantitative estimate of drug-likeness (QED) is 0.789. The standard InChI is InChI=1S/C14H22ClNO2/c1-3-4-9-16(2)10-13(17)11-18-14-7-5-12(15)6-8-14/h5-8,13,17H,3-4,9-11H2,1-2H3. The average Bonchev–Trinajstić information content (AvgIpc) is 2.35. The van der Waals surface area contributed by atoms with Crippen molar-refractivity contribution in [2.45, 2.75) is 25.9 Å². The molecule has 0 fully saturated rings. The number of benzene rings is 1. The van der Waals surface area contributed by atoms with Gasteiger partial charge in [-0.2, -0.15) is 0 Å². The van der Waals surface area contributed by atoms with Gasteiger partial charge < -0.3 is 14.7 Å². The first kappa shape index (κ1) is 15.3. The molecule has 1 rings (SSSR count). The molecule has 1 N–H and O–H groups in total. The fourth-order valence-electron chi connectivity index (χ4n) is 1.66. The summed E-state index contributed by atoms with van der Waals surface area (Å²) in [5.41, 5.74) is 0. The molecule has 1 atom stereocenters. The van der Waals surface area contributed by atoms with E-state index in [2.05, 4.69) is 11.8 Å². The van der Waals surface area contributed by atoms with E-state index in [0.29, 0.717) is 18.2 Å². The summed E-state index contributed by atoms with van der Waals surface area (Å²) in [6.45, 7) is 4.11. The van der Waals surface area contributed by atoms with Crippen LogP contribution in [0.1, 0.15) is 19.8 Å². The van der Waals surface area contributed by atoms with Gasteiger partial charge in [0.1, 0.15) is 18.5 Å². The van der Waals surface area contributed by atoms with E-state index < -0.39 is 6.10 Å². The molecule has 1 unspecified atom stereocenters. The van der Waals surface area contributed by atoms with Gasteiger partial charge in [-0.15, -0.1) is 0 Å². The van der Waals surface area contributed by atoms with Crippen molar-refractivity contribution in [1.82, 2.24) is 4.90 Å². The topological polar surface area (TPSA) is 32.7 Å². The van der Waals surface area contributed by atoms with Gasteiger partial charge in [0.25, 0.3) is 0 Å². The number of aliphatic hydroxyl groups is 1. The van der Waals surface area contributed by atoms with Gasteiger partial charge in [-0.1, -0.05) is 24.9 Å². The van der Waals surface area contributed by atoms with Crippen molar-refractivity contribution in [3.63, 3.8) is 0 Å². The summed E-state index contributed by atoms with van der Waals surface area (Å²) in [6.07, 6.45) is 1.85. The van der Waals surface area contributed by atoms with Gasteiger partial charge in [0.2, 0.25) is 0 Å². The van der Waals surface area contributed by atoms with E-state index in [1.54, 1.807) is 24.3 Å². The molecule has 3 nitrogen and oxygen atoms in total. The molecular formula is C14H22ClNO2. The minimum atomic E-state index is -0.470. The van der Waals surface area contributed by atoms with Crippen LogP contribution in [0.2, 0.25) is 5.02 Å². The Kier molecular flexibility index (Phi) is 7.09. The molecule has 102 valence electrons. The number of hydrogen-bond acceptors (Lipinski definition) is 3. The lowest BCUT2D eigenvalue weighted by Crippen LogP contribution is -2.33. The van der Waals surface area contributed by atoms with E-state index in [1.807, 2.05) is 7.05 Å². The molecule has 0 saturated heterocycles. The van der Waals surface area contributed by atoms with Crippen LogP contribution in [0.25, 0.3) is 0 Å². The molecule has 0 aliphatic rings. The highest BCUT2D eigenvalue weighted by Crippen LogP contribution is 2.15. The van der Waals surface area contributed by atoms with Gasteiger partial charge in [-0.3, -0.25) is 0 Å². The number of nitrogens with zero attached hydrogens (tertiary/aromatic N) is 1. The molecule has 0 aliphatic carbocycles. The molecule has 1 aromatic carbocycles. The average molecular weight is 272 g/mol. The zero-order valence-electron chi connectivity index (χ0n) is 11.1. The molecule has 0 aromatic heterocycles. The maximum Gasteiger partial charge on any atom is 0.119 e. The summed E-state index contributed by atoms with van der Waals surface area (Å²) in [6, 6.07) is 7.15. The van der Waals surface area contributed by atoms with E-state index in [-0.39, 0.29) is 0 Å². The maximum absolute atomic E-state index is 9.84. The predicted molar refractivity (Wildman–Crippen MR) is 75.4 cm³/mol.